The van der Waals surface area contributed by atoms with Crippen molar-refractivity contribution in [3.63, 3.8) is 0 Å². The molecule has 0 aliphatic carbocycles. The predicted molar refractivity (Wildman–Crippen MR) is 89.0 cm³/mol. The molecule has 2 aliphatic rings. The normalized spacial score (nSPS) is 25.2. The molecule has 2 aromatic carbocycles. The smallest absolute Gasteiger partial charge is 0.274 e. The molecular weight excluding hydrogens is 308 g/mol. The molecule has 2 N–H and O–H groups in total. The number of nitro benzene ring substituents is 1. The molecule has 0 radical (unpaired) electrons. The summed E-state index contributed by atoms with van der Waals surface area (Å²) in [7, 11) is 0. The Labute approximate surface area is 139 Å². The Hall–Kier alpha value is -2.60. The molecule has 4 rings (SSSR count). The maximum atomic E-state index is 11.4. The van der Waals surface area contributed by atoms with E-state index in [9.17, 15) is 15.2 Å². The highest BCUT2D eigenvalue weighted by atomic mass is 16.6. The summed E-state index contributed by atoms with van der Waals surface area (Å²) in [5.74, 6) is 0.234. The number of phenols is 1. The molecule has 0 aromatic heterocycles. The van der Waals surface area contributed by atoms with E-state index in [2.05, 4.69) is 5.32 Å². The van der Waals surface area contributed by atoms with Crippen LogP contribution in [0.15, 0.2) is 42.5 Å². The largest absolute Gasteiger partial charge is 0.506 e. The third-order valence-corrected chi connectivity index (χ3v) is 4.95. The number of phenolic OH excluding ortho intramolecular Hbond substituents is 1. The van der Waals surface area contributed by atoms with Crippen molar-refractivity contribution in [2.45, 2.75) is 25.0 Å². The van der Waals surface area contributed by atoms with Gasteiger partial charge in [0.25, 0.3) is 5.69 Å². The Morgan fingerprint density at radius 1 is 1.17 bits per heavy atom. The minimum absolute atomic E-state index is 0.0918. The maximum absolute atomic E-state index is 11.4. The molecule has 0 unspecified atom stereocenters. The number of fused-ring (bicyclic) bond motifs is 3. The molecule has 3 atom stereocenters. The van der Waals surface area contributed by atoms with Crippen LogP contribution >= 0.6 is 0 Å². The number of para-hydroxylation sites is 2. The molecule has 1 fully saturated rings. The lowest BCUT2D eigenvalue weighted by Crippen LogP contribution is -2.36. The van der Waals surface area contributed by atoms with Crippen LogP contribution in [0.1, 0.15) is 36.1 Å². The number of rotatable bonds is 2. The number of hydrogen-bond donors (Lipinski definition) is 2. The van der Waals surface area contributed by atoms with E-state index in [-0.39, 0.29) is 34.4 Å². The minimum atomic E-state index is -0.351. The number of ether oxygens (including phenoxy) is 1. The molecule has 24 heavy (non-hydrogen) atoms. The van der Waals surface area contributed by atoms with E-state index in [0.717, 1.165) is 18.4 Å². The summed E-state index contributed by atoms with van der Waals surface area (Å²) in [6.07, 6.45) is 1.68. The lowest BCUT2D eigenvalue weighted by atomic mass is 9.77. The Balaban J connectivity index is 1.85. The van der Waals surface area contributed by atoms with Crippen LogP contribution in [-0.2, 0) is 4.74 Å². The van der Waals surface area contributed by atoms with E-state index >= 15 is 0 Å². The molecule has 124 valence electrons. The Morgan fingerprint density at radius 3 is 2.79 bits per heavy atom. The van der Waals surface area contributed by atoms with Gasteiger partial charge in [-0.05, 0) is 18.9 Å². The van der Waals surface area contributed by atoms with Crippen LogP contribution in [0.2, 0.25) is 0 Å². The van der Waals surface area contributed by atoms with E-state index in [1.165, 1.54) is 6.07 Å². The van der Waals surface area contributed by atoms with Crippen molar-refractivity contribution in [2.24, 2.45) is 5.92 Å². The van der Waals surface area contributed by atoms with Crippen molar-refractivity contribution >= 4 is 11.4 Å². The minimum Gasteiger partial charge on any atom is -0.506 e. The van der Waals surface area contributed by atoms with Crippen LogP contribution in [0.25, 0.3) is 0 Å². The van der Waals surface area contributed by atoms with Gasteiger partial charge in [0.1, 0.15) is 5.75 Å². The topological polar surface area (TPSA) is 84.6 Å². The van der Waals surface area contributed by atoms with E-state index in [1.54, 1.807) is 24.3 Å². The van der Waals surface area contributed by atoms with Gasteiger partial charge in [0.05, 0.1) is 28.3 Å². The number of anilines is 1. The summed E-state index contributed by atoms with van der Waals surface area (Å²) in [6, 6.07) is 11.9. The van der Waals surface area contributed by atoms with Gasteiger partial charge in [-0.2, -0.15) is 0 Å². The second-order valence-corrected chi connectivity index (χ2v) is 6.28. The van der Waals surface area contributed by atoms with Gasteiger partial charge in [-0.15, -0.1) is 0 Å². The average molecular weight is 326 g/mol. The van der Waals surface area contributed by atoms with Crippen molar-refractivity contribution in [1.29, 1.82) is 0 Å². The first-order chi connectivity index (χ1) is 11.7. The summed E-state index contributed by atoms with van der Waals surface area (Å²) in [5, 5.41) is 25.0. The zero-order valence-electron chi connectivity index (χ0n) is 13.0. The van der Waals surface area contributed by atoms with Crippen molar-refractivity contribution in [1.82, 2.24) is 0 Å². The average Bonchev–Trinajstić information content (AvgIpc) is 2.61. The van der Waals surface area contributed by atoms with E-state index < -0.39 is 0 Å². The van der Waals surface area contributed by atoms with Gasteiger partial charge < -0.3 is 15.2 Å². The first-order valence-electron chi connectivity index (χ1n) is 8.10. The first kappa shape index (κ1) is 15.0. The highest BCUT2D eigenvalue weighted by Gasteiger charge is 2.42. The highest BCUT2D eigenvalue weighted by molar-refractivity contribution is 5.66. The van der Waals surface area contributed by atoms with Gasteiger partial charge in [0.2, 0.25) is 0 Å². The standard InChI is InChI=1S/C18H18N2O4/c21-15-9-3-6-13-17(15)19-16(12-7-4-10-24-18(12)13)11-5-1-2-8-14(11)20(22)23/h1-3,5-6,8-9,12,16,18-19,21H,4,7,10H2/t12-,16-,18-/m1/s1. The predicted octanol–water partition coefficient (Wildman–Crippen LogP) is 3.93. The number of nitro groups is 1. The van der Waals surface area contributed by atoms with Gasteiger partial charge in [-0.3, -0.25) is 10.1 Å². The van der Waals surface area contributed by atoms with Crippen LogP contribution in [0.4, 0.5) is 11.4 Å². The number of nitrogens with zero attached hydrogens (tertiary/aromatic N) is 1. The molecule has 2 aromatic rings. The van der Waals surface area contributed by atoms with E-state index in [0.29, 0.717) is 17.9 Å². The molecule has 1 saturated heterocycles. The quantitative estimate of drug-likeness (QED) is 0.496. The Morgan fingerprint density at radius 2 is 1.96 bits per heavy atom. The fraction of sp³-hybridized carbons (Fsp3) is 0.333. The molecule has 0 spiro atoms. The SMILES string of the molecule is O=[N+]([O-])c1ccccc1[C@H]1Nc2c(O)cccc2[C@@H]2OCCC[C@H]12. The van der Waals surface area contributed by atoms with Crippen LogP contribution in [0.3, 0.4) is 0 Å². The van der Waals surface area contributed by atoms with Gasteiger partial charge in [-0.1, -0.05) is 30.3 Å². The van der Waals surface area contributed by atoms with Crippen LogP contribution in [0, 0.1) is 16.0 Å². The molecule has 6 nitrogen and oxygen atoms in total. The number of nitrogens with one attached hydrogen (secondary N) is 1. The number of benzene rings is 2. The fourth-order valence-electron chi connectivity index (χ4n) is 3.91. The summed E-state index contributed by atoms with van der Waals surface area (Å²) in [5.41, 5.74) is 2.27. The first-order valence-corrected chi connectivity index (χ1v) is 8.10. The summed E-state index contributed by atoms with van der Waals surface area (Å²) in [4.78, 5) is 11.1. The zero-order chi connectivity index (χ0) is 16.7. The molecule has 0 bridgehead atoms. The van der Waals surface area contributed by atoms with Gasteiger partial charge in [0.15, 0.2) is 0 Å². The third-order valence-electron chi connectivity index (χ3n) is 4.95. The lowest BCUT2D eigenvalue weighted by molar-refractivity contribution is -0.385. The van der Waals surface area contributed by atoms with Crippen molar-refractivity contribution in [2.75, 3.05) is 11.9 Å². The molecule has 6 heteroatoms. The number of hydrogen-bond acceptors (Lipinski definition) is 5. The zero-order valence-corrected chi connectivity index (χ0v) is 13.0. The third kappa shape index (κ3) is 2.30. The molecular formula is C18H18N2O4. The van der Waals surface area contributed by atoms with Crippen molar-refractivity contribution < 1.29 is 14.8 Å². The van der Waals surface area contributed by atoms with Crippen molar-refractivity contribution in [3.05, 3.63) is 63.7 Å². The van der Waals surface area contributed by atoms with Crippen LogP contribution in [0.5, 0.6) is 5.75 Å². The van der Waals surface area contributed by atoms with Crippen molar-refractivity contribution in [3.8, 4) is 5.75 Å². The van der Waals surface area contributed by atoms with Crippen LogP contribution < -0.4 is 5.32 Å². The van der Waals surface area contributed by atoms with E-state index in [4.69, 9.17) is 4.74 Å². The van der Waals surface area contributed by atoms with Gasteiger partial charge in [-0.25, -0.2) is 0 Å². The van der Waals surface area contributed by atoms with E-state index in [1.807, 2.05) is 12.1 Å². The second kappa shape index (κ2) is 5.79. The lowest BCUT2D eigenvalue weighted by Gasteiger charge is -2.43. The molecule has 0 amide bonds. The summed E-state index contributed by atoms with van der Waals surface area (Å²) >= 11 is 0. The Kier molecular flexibility index (Phi) is 3.61. The summed E-state index contributed by atoms with van der Waals surface area (Å²) < 4.78 is 5.99. The maximum Gasteiger partial charge on any atom is 0.274 e. The fourth-order valence-corrected chi connectivity index (χ4v) is 3.91. The van der Waals surface area contributed by atoms with Crippen LogP contribution in [-0.4, -0.2) is 16.6 Å². The number of aromatic hydroxyl groups is 1. The molecule has 2 aliphatic heterocycles. The molecule has 2 heterocycles. The van der Waals surface area contributed by atoms with Gasteiger partial charge in [0, 0.05) is 24.2 Å². The Bertz CT molecular complexity index is 792. The second-order valence-electron chi connectivity index (χ2n) is 6.28. The monoisotopic (exact) mass is 326 g/mol. The molecule has 0 saturated carbocycles. The summed E-state index contributed by atoms with van der Waals surface area (Å²) in [6.45, 7) is 0.667. The van der Waals surface area contributed by atoms with Gasteiger partial charge >= 0.3 is 0 Å². The highest BCUT2D eigenvalue weighted by Crippen LogP contribution is 2.52.